The summed E-state index contributed by atoms with van der Waals surface area (Å²) >= 11 is 0. The van der Waals surface area contributed by atoms with Crippen LogP contribution in [-0.2, 0) is 23.9 Å². The molecule has 0 aliphatic rings. The summed E-state index contributed by atoms with van der Waals surface area (Å²) in [5, 5.41) is 0. The average Bonchev–Trinajstić information content (AvgIpc) is 2.37. The molecule has 1 aromatic rings. The van der Waals surface area contributed by atoms with E-state index in [4.69, 9.17) is 0 Å². The zero-order chi connectivity index (χ0) is 13.4. The van der Waals surface area contributed by atoms with Crippen molar-refractivity contribution in [3.05, 3.63) is 42.0 Å². The molecular weight excluding hydrogens is 236 g/mol. The average molecular weight is 248 g/mol. The van der Waals surface area contributed by atoms with E-state index in [-0.39, 0.29) is 0 Å². The summed E-state index contributed by atoms with van der Waals surface area (Å²) in [5.74, 6) is -2.52. The molecule has 1 rings (SSSR count). The van der Waals surface area contributed by atoms with Crippen LogP contribution >= 0.6 is 0 Å². The summed E-state index contributed by atoms with van der Waals surface area (Å²) in [4.78, 5) is 33.0. The van der Waals surface area contributed by atoms with Crippen molar-refractivity contribution in [2.24, 2.45) is 0 Å². The number of ether oxygens (including phenoxy) is 2. The summed E-state index contributed by atoms with van der Waals surface area (Å²) in [5.41, 5.74) is 0.801. The van der Waals surface area contributed by atoms with E-state index in [0.29, 0.717) is 0 Å². The molecule has 0 saturated heterocycles. The number of hydrogen-bond donors (Lipinski definition) is 0. The third-order valence-corrected chi connectivity index (χ3v) is 1.94. The van der Waals surface area contributed by atoms with Gasteiger partial charge in [-0.2, -0.15) is 0 Å². The molecule has 0 aromatic heterocycles. The molecule has 0 aliphatic heterocycles. The van der Waals surface area contributed by atoms with Crippen LogP contribution in [0, 0.1) is 0 Å². The lowest BCUT2D eigenvalue weighted by Gasteiger charge is -1.98. The van der Waals surface area contributed by atoms with Crippen molar-refractivity contribution in [2.45, 2.75) is 6.42 Å². The number of methoxy groups -OCH3 is 1. The van der Waals surface area contributed by atoms with Crippen molar-refractivity contribution in [1.82, 2.24) is 0 Å². The standard InChI is InChI=1S/C13H12O5/c1-17-12(15)9-13(16)18-11(14)8-7-10-5-3-2-4-6-10/h2-8H,9H2,1H3/b8-7+. The highest BCUT2D eigenvalue weighted by Crippen LogP contribution is 2.01. The van der Waals surface area contributed by atoms with Crippen molar-refractivity contribution < 1.29 is 23.9 Å². The van der Waals surface area contributed by atoms with Gasteiger partial charge in [-0.15, -0.1) is 0 Å². The van der Waals surface area contributed by atoms with Gasteiger partial charge in [0.25, 0.3) is 0 Å². The van der Waals surface area contributed by atoms with E-state index in [1.165, 1.54) is 6.08 Å². The summed E-state index contributed by atoms with van der Waals surface area (Å²) in [6, 6.07) is 9.05. The predicted octanol–water partition coefficient (Wildman–Crippen LogP) is 1.33. The van der Waals surface area contributed by atoms with E-state index in [1.54, 1.807) is 12.1 Å². The zero-order valence-electron chi connectivity index (χ0n) is 9.79. The largest absolute Gasteiger partial charge is 0.469 e. The van der Waals surface area contributed by atoms with E-state index in [2.05, 4.69) is 9.47 Å². The minimum Gasteiger partial charge on any atom is -0.469 e. The summed E-state index contributed by atoms with van der Waals surface area (Å²) in [7, 11) is 1.15. The zero-order valence-corrected chi connectivity index (χ0v) is 9.79. The highest BCUT2D eigenvalue weighted by atomic mass is 16.6. The van der Waals surface area contributed by atoms with Crippen LogP contribution in [-0.4, -0.2) is 25.0 Å². The Balaban J connectivity index is 2.45. The predicted molar refractivity (Wildman–Crippen MR) is 63.2 cm³/mol. The smallest absolute Gasteiger partial charge is 0.338 e. The van der Waals surface area contributed by atoms with Gasteiger partial charge < -0.3 is 9.47 Å². The number of esters is 3. The van der Waals surface area contributed by atoms with Crippen LogP contribution in [0.3, 0.4) is 0 Å². The highest BCUT2D eigenvalue weighted by Gasteiger charge is 2.13. The van der Waals surface area contributed by atoms with Crippen molar-refractivity contribution in [3.8, 4) is 0 Å². The van der Waals surface area contributed by atoms with E-state index in [1.807, 2.05) is 18.2 Å². The maximum absolute atomic E-state index is 11.2. The van der Waals surface area contributed by atoms with Crippen LogP contribution < -0.4 is 0 Å². The van der Waals surface area contributed by atoms with Crippen molar-refractivity contribution in [2.75, 3.05) is 7.11 Å². The fourth-order valence-corrected chi connectivity index (χ4v) is 1.10. The van der Waals surface area contributed by atoms with Crippen molar-refractivity contribution in [3.63, 3.8) is 0 Å². The molecule has 0 unspecified atom stereocenters. The molecule has 0 saturated carbocycles. The maximum Gasteiger partial charge on any atom is 0.338 e. The third-order valence-electron chi connectivity index (χ3n) is 1.94. The van der Waals surface area contributed by atoms with Crippen LogP contribution in [0.5, 0.6) is 0 Å². The second kappa shape index (κ2) is 7.01. The minimum absolute atomic E-state index is 0.582. The maximum atomic E-state index is 11.2. The second-order valence-corrected chi connectivity index (χ2v) is 3.29. The van der Waals surface area contributed by atoms with Gasteiger partial charge in [0.05, 0.1) is 7.11 Å². The van der Waals surface area contributed by atoms with Crippen LogP contribution in [0.4, 0.5) is 0 Å². The summed E-state index contributed by atoms with van der Waals surface area (Å²) in [6.07, 6.45) is 2.04. The lowest BCUT2D eigenvalue weighted by Crippen LogP contribution is -2.15. The van der Waals surface area contributed by atoms with Crippen molar-refractivity contribution in [1.29, 1.82) is 0 Å². The lowest BCUT2D eigenvalue weighted by atomic mass is 10.2. The summed E-state index contributed by atoms with van der Waals surface area (Å²) < 4.78 is 8.64. The van der Waals surface area contributed by atoms with Crippen molar-refractivity contribution >= 4 is 24.0 Å². The van der Waals surface area contributed by atoms with Gasteiger partial charge >= 0.3 is 17.9 Å². The number of hydrogen-bond acceptors (Lipinski definition) is 5. The Morgan fingerprint density at radius 1 is 1.11 bits per heavy atom. The Morgan fingerprint density at radius 2 is 1.78 bits per heavy atom. The van der Waals surface area contributed by atoms with E-state index in [9.17, 15) is 14.4 Å². The fourth-order valence-electron chi connectivity index (χ4n) is 1.10. The van der Waals surface area contributed by atoms with Crippen LogP contribution in [0.25, 0.3) is 6.08 Å². The first kappa shape index (κ1) is 13.6. The van der Waals surface area contributed by atoms with Gasteiger partial charge in [-0.25, -0.2) is 4.79 Å². The van der Waals surface area contributed by atoms with Gasteiger partial charge in [0.2, 0.25) is 0 Å². The molecular formula is C13H12O5. The number of benzene rings is 1. The molecule has 5 nitrogen and oxygen atoms in total. The van der Waals surface area contributed by atoms with E-state index >= 15 is 0 Å². The molecule has 0 N–H and O–H groups in total. The van der Waals surface area contributed by atoms with Crippen LogP contribution in [0.1, 0.15) is 12.0 Å². The molecule has 0 spiro atoms. The highest BCUT2D eigenvalue weighted by molar-refractivity contribution is 6.00. The first-order valence-corrected chi connectivity index (χ1v) is 5.16. The molecule has 1 aromatic carbocycles. The van der Waals surface area contributed by atoms with Gasteiger partial charge in [0, 0.05) is 6.08 Å². The Kier molecular flexibility index (Phi) is 5.31. The number of rotatable bonds is 4. The fraction of sp³-hybridized carbons (Fsp3) is 0.154. The minimum atomic E-state index is -0.940. The van der Waals surface area contributed by atoms with Crippen LogP contribution in [0.2, 0.25) is 0 Å². The first-order chi connectivity index (χ1) is 8.61. The third kappa shape index (κ3) is 5.07. The molecule has 0 aliphatic carbocycles. The normalized spacial score (nSPS) is 10.1. The van der Waals surface area contributed by atoms with Gasteiger partial charge in [-0.05, 0) is 11.6 Å². The molecule has 0 atom stereocenters. The monoisotopic (exact) mass is 248 g/mol. The van der Waals surface area contributed by atoms with Gasteiger partial charge in [0.1, 0.15) is 6.42 Å². The second-order valence-electron chi connectivity index (χ2n) is 3.29. The lowest BCUT2D eigenvalue weighted by molar-refractivity contribution is -0.159. The molecule has 0 radical (unpaired) electrons. The van der Waals surface area contributed by atoms with Gasteiger partial charge in [-0.1, -0.05) is 30.3 Å². The first-order valence-electron chi connectivity index (χ1n) is 5.16. The van der Waals surface area contributed by atoms with Crippen LogP contribution in [0.15, 0.2) is 36.4 Å². The van der Waals surface area contributed by atoms with E-state index < -0.39 is 24.3 Å². The Labute approximate surface area is 104 Å². The number of carbonyl (C=O) groups excluding carboxylic acids is 3. The number of carbonyl (C=O) groups is 3. The molecule has 0 bridgehead atoms. The van der Waals surface area contributed by atoms with E-state index in [0.717, 1.165) is 18.7 Å². The molecule has 94 valence electrons. The van der Waals surface area contributed by atoms with Gasteiger partial charge in [-0.3, -0.25) is 9.59 Å². The molecule has 18 heavy (non-hydrogen) atoms. The summed E-state index contributed by atoms with van der Waals surface area (Å²) in [6.45, 7) is 0. The SMILES string of the molecule is COC(=O)CC(=O)OC(=O)/C=C/c1ccccc1. The molecule has 0 fully saturated rings. The Morgan fingerprint density at radius 3 is 2.39 bits per heavy atom. The molecule has 0 heterocycles. The van der Waals surface area contributed by atoms with Gasteiger partial charge in [0.15, 0.2) is 0 Å². The molecule has 0 amide bonds. The Hall–Kier alpha value is -2.43. The quantitative estimate of drug-likeness (QED) is 0.457. The Bertz CT molecular complexity index is 462. The molecule has 5 heteroatoms. The topological polar surface area (TPSA) is 69.7 Å².